The van der Waals surface area contributed by atoms with Gasteiger partial charge in [0.25, 0.3) is 0 Å². The molecule has 0 aliphatic rings. The van der Waals surface area contributed by atoms with E-state index in [0.717, 1.165) is 31.8 Å². The van der Waals surface area contributed by atoms with Crippen LogP contribution in [0.1, 0.15) is 21.5 Å². The Hall–Kier alpha value is -2.63. The van der Waals surface area contributed by atoms with Gasteiger partial charge in [-0.1, -0.05) is 34.1 Å². The van der Waals surface area contributed by atoms with Gasteiger partial charge in [0.15, 0.2) is 0 Å². The number of hydrogen-bond donors (Lipinski definition) is 1. The normalized spacial score (nSPS) is 11.3. The average molecular weight is 422 g/mol. The Morgan fingerprint density at radius 2 is 1.93 bits per heavy atom. The molecule has 0 unspecified atom stereocenters. The van der Waals surface area contributed by atoms with Crippen molar-refractivity contribution in [3.05, 3.63) is 81.8 Å². The van der Waals surface area contributed by atoms with Crippen molar-refractivity contribution in [1.29, 1.82) is 0 Å². The summed E-state index contributed by atoms with van der Waals surface area (Å²) in [5.41, 5.74) is 10.3. The number of ether oxygens (including phenoxy) is 1. The Labute approximate surface area is 165 Å². The predicted molar refractivity (Wildman–Crippen MR) is 111 cm³/mol. The zero-order valence-corrected chi connectivity index (χ0v) is 16.4. The van der Waals surface area contributed by atoms with Crippen molar-refractivity contribution in [2.45, 2.75) is 13.2 Å². The first kappa shape index (κ1) is 17.8. The highest BCUT2D eigenvalue weighted by molar-refractivity contribution is 9.10. The van der Waals surface area contributed by atoms with Crippen LogP contribution in [-0.2, 0) is 17.9 Å². The molecule has 4 aromatic rings. The van der Waals surface area contributed by atoms with E-state index in [0.29, 0.717) is 18.7 Å². The van der Waals surface area contributed by atoms with Gasteiger partial charge in [0, 0.05) is 34.5 Å². The second-order valence-corrected chi connectivity index (χ2v) is 7.39. The molecule has 1 radical (unpaired) electrons. The van der Waals surface area contributed by atoms with Crippen LogP contribution in [0.15, 0.2) is 59.1 Å². The van der Waals surface area contributed by atoms with Crippen molar-refractivity contribution in [3.8, 4) is 0 Å². The van der Waals surface area contributed by atoms with E-state index in [2.05, 4.69) is 44.8 Å². The van der Waals surface area contributed by atoms with E-state index in [-0.39, 0.29) is 0 Å². The third-order valence-corrected chi connectivity index (χ3v) is 5.21. The molecule has 0 aliphatic heterocycles. The number of nitrogens with zero attached hydrogens (tertiary/aromatic N) is 1. The Bertz CT molecular complexity index is 1150. The van der Waals surface area contributed by atoms with Crippen molar-refractivity contribution < 1.29 is 9.53 Å². The van der Waals surface area contributed by atoms with Gasteiger partial charge in [-0.25, -0.2) is 0 Å². The summed E-state index contributed by atoms with van der Waals surface area (Å²) in [6, 6.07) is 21.2. The smallest absolute Gasteiger partial charge is 0.249 e. The fourth-order valence-electron chi connectivity index (χ4n) is 3.50. The number of hydrogen-bond acceptors (Lipinski definition) is 2. The van der Waals surface area contributed by atoms with Crippen LogP contribution in [0, 0.1) is 6.07 Å². The number of carbonyl (C=O) groups is 1. The maximum atomic E-state index is 12.0. The highest BCUT2D eigenvalue weighted by atomic mass is 79.9. The zero-order valence-electron chi connectivity index (χ0n) is 14.8. The first-order valence-corrected chi connectivity index (χ1v) is 9.36. The number of amides is 1. The molecule has 1 aromatic heterocycles. The lowest BCUT2D eigenvalue weighted by molar-refractivity contribution is 0.100. The molecule has 0 bridgehead atoms. The van der Waals surface area contributed by atoms with Gasteiger partial charge in [0.1, 0.15) is 0 Å². The molecule has 1 amide bonds. The van der Waals surface area contributed by atoms with Crippen LogP contribution in [0.3, 0.4) is 0 Å². The minimum Gasteiger partial charge on any atom is -0.380 e. The zero-order chi connectivity index (χ0) is 19.0. The quantitative estimate of drug-likeness (QED) is 0.509. The molecule has 27 heavy (non-hydrogen) atoms. The van der Waals surface area contributed by atoms with Crippen molar-refractivity contribution in [2.24, 2.45) is 5.73 Å². The molecule has 3 aromatic carbocycles. The third-order valence-electron chi connectivity index (χ3n) is 4.68. The molecule has 135 valence electrons. The number of rotatable bonds is 5. The number of halogens is 1. The van der Waals surface area contributed by atoms with Crippen molar-refractivity contribution in [1.82, 2.24) is 4.57 Å². The largest absolute Gasteiger partial charge is 0.380 e. The fourth-order valence-corrected chi connectivity index (χ4v) is 3.76. The van der Waals surface area contributed by atoms with E-state index in [1.54, 1.807) is 13.2 Å². The van der Waals surface area contributed by atoms with E-state index in [9.17, 15) is 4.79 Å². The Balaban J connectivity index is 2.00. The summed E-state index contributed by atoms with van der Waals surface area (Å²) in [7, 11) is 1.67. The second kappa shape index (κ2) is 7.18. The maximum Gasteiger partial charge on any atom is 0.249 e. The van der Waals surface area contributed by atoms with E-state index < -0.39 is 5.91 Å². The van der Waals surface area contributed by atoms with Crippen LogP contribution in [0.25, 0.3) is 21.8 Å². The minimum absolute atomic E-state index is 0.433. The number of nitrogens with two attached hydrogens (primary N) is 1. The van der Waals surface area contributed by atoms with Gasteiger partial charge in [-0.3, -0.25) is 4.79 Å². The van der Waals surface area contributed by atoms with E-state index in [1.807, 2.05) is 30.3 Å². The number of carbonyl (C=O) groups excluding carboxylic acids is 1. The Kier molecular flexibility index (Phi) is 4.72. The number of primary amides is 1. The van der Waals surface area contributed by atoms with Crippen LogP contribution < -0.4 is 5.73 Å². The monoisotopic (exact) mass is 421 g/mol. The standard InChI is InChI=1S/C22H18BrN2O2/c1-27-13-15-7-10-17-20(11-15)25(12-14-5-8-16(23)9-6-14)19-4-2-3-18(21(17)19)22(24)26/h2-9,11H,12-13H2,1H3,(H2,24,26). The van der Waals surface area contributed by atoms with E-state index >= 15 is 0 Å². The van der Waals surface area contributed by atoms with Gasteiger partial charge in [0.2, 0.25) is 5.91 Å². The molecule has 0 saturated heterocycles. The van der Waals surface area contributed by atoms with E-state index in [4.69, 9.17) is 10.5 Å². The summed E-state index contributed by atoms with van der Waals surface area (Å²) in [5.74, 6) is -0.433. The Morgan fingerprint density at radius 3 is 2.63 bits per heavy atom. The van der Waals surface area contributed by atoms with Crippen LogP contribution in [0.4, 0.5) is 0 Å². The molecule has 2 N–H and O–H groups in total. The predicted octanol–water partition coefficient (Wildman–Crippen LogP) is 4.65. The molecule has 0 atom stereocenters. The van der Waals surface area contributed by atoms with Crippen molar-refractivity contribution >= 4 is 43.6 Å². The number of methoxy groups -OCH3 is 1. The molecule has 4 nitrogen and oxygen atoms in total. The second-order valence-electron chi connectivity index (χ2n) is 6.48. The first-order chi connectivity index (χ1) is 13.1. The van der Waals surface area contributed by atoms with Crippen LogP contribution >= 0.6 is 15.9 Å². The molecule has 0 saturated carbocycles. The third kappa shape index (κ3) is 3.24. The summed E-state index contributed by atoms with van der Waals surface area (Å²) in [6.45, 7) is 1.19. The number of benzene rings is 3. The minimum atomic E-state index is -0.433. The Morgan fingerprint density at radius 1 is 1.15 bits per heavy atom. The lowest BCUT2D eigenvalue weighted by atomic mass is 10.0. The van der Waals surface area contributed by atoms with Gasteiger partial charge in [-0.15, -0.1) is 0 Å². The van der Waals surface area contributed by atoms with E-state index in [1.165, 1.54) is 5.56 Å². The number of aromatic nitrogens is 1. The van der Waals surface area contributed by atoms with Crippen LogP contribution in [-0.4, -0.2) is 17.6 Å². The topological polar surface area (TPSA) is 57.2 Å². The summed E-state index contributed by atoms with van der Waals surface area (Å²) < 4.78 is 8.52. The maximum absolute atomic E-state index is 12.0. The first-order valence-electron chi connectivity index (χ1n) is 8.57. The fraction of sp³-hybridized carbons (Fsp3) is 0.136. The van der Waals surface area contributed by atoms with Gasteiger partial charge in [0.05, 0.1) is 17.6 Å². The lowest BCUT2D eigenvalue weighted by Crippen LogP contribution is -2.11. The summed E-state index contributed by atoms with van der Waals surface area (Å²) in [5, 5.41) is 1.75. The number of fused-ring (bicyclic) bond motifs is 3. The molecule has 0 fully saturated rings. The van der Waals surface area contributed by atoms with Crippen LogP contribution in [0.2, 0.25) is 0 Å². The molecule has 5 heteroatoms. The van der Waals surface area contributed by atoms with Crippen molar-refractivity contribution in [3.63, 3.8) is 0 Å². The summed E-state index contributed by atoms with van der Waals surface area (Å²) >= 11 is 3.48. The molecule has 0 aliphatic carbocycles. The SMILES string of the molecule is COCc1c[c]c2c3c(C(N)=O)cccc3n(Cc3ccc(Br)cc3)c2c1. The summed E-state index contributed by atoms with van der Waals surface area (Å²) in [6.07, 6.45) is 0. The van der Waals surface area contributed by atoms with Gasteiger partial charge < -0.3 is 15.0 Å². The molecule has 1 heterocycles. The molecule has 4 rings (SSSR count). The highest BCUT2D eigenvalue weighted by Crippen LogP contribution is 2.33. The van der Waals surface area contributed by atoms with Gasteiger partial charge in [-0.2, -0.15) is 0 Å². The van der Waals surface area contributed by atoms with Crippen LogP contribution in [0.5, 0.6) is 0 Å². The summed E-state index contributed by atoms with van der Waals surface area (Å²) in [4.78, 5) is 12.0. The van der Waals surface area contributed by atoms with Crippen molar-refractivity contribution in [2.75, 3.05) is 7.11 Å². The molecular formula is C22H18BrN2O2. The average Bonchev–Trinajstić information content (AvgIpc) is 2.97. The highest BCUT2D eigenvalue weighted by Gasteiger charge is 2.17. The lowest BCUT2D eigenvalue weighted by Gasteiger charge is -2.09. The molecule has 0 spiro atoms. The van der Waals surface area contributed by atoms with Gasteiger partial charge in [-0.05, 0) is 53.6 Å². The molecular weight excluding hydrogens is 404 g/mol. The van der Waals surface area contributed by atoms with Gasteiger partial charge >= 0.3 is 0 Å².